The molecule has 26 heavy (non-hydrogen) atoms. The maximum atomic E-state index is 12.9. The Morgan fingerprint density at radius 3 is 3.04 bits per heavy atom. The molecule has 3 aromatic rings. The van der Waals surface area contributed by atoms with Crippen molar-refractivity contribution in [2.75, 3.05) is 16.0 Å². The SMILES string of the molecule is CC1CC(=O)Nc2ccccc2N1C(=O)CSc1nc2ncccn2n1. The standard InChI is InChI=1S/C17H16N6O2S/c1-11-9-14(24)19-12-5-2-3-6-13(12)23(11)15(25)10-26-17-20-16-18-7-4-8-22(16)21-17/h2-8,11H,9-10H2,1H3,(H,19,24). The lowest BCUT2D eigenvalue weighted by Gasteiger charge is -2.27. The second-order valence-corrected chi connectivity index (χ2v) is 6.87. The van der Waals surface area contributed by atoms with Crippen LogP contribution >= 0.6 is 11.8 Å². The lowest BCUT2D eigenvalue weighted by atomic mass is 10.2. The molecule has 2 aromatic heterocycles. The number of nitrogens with one attached hydrogen (secondary N) is 1. The van der Waals surface area contributed by atoms with Gasteiger partial charge in [-0.05, 0) is 25.1 Å². The van der Waals surface area contributed by atoms with Gasteiger partial charge < -0.3 is 10.2 Å². The van der Waals surface area contributed by atoms with Crippen LogP contribution in [0.15, 0.2) is 47.9 Å². The number of benzene rings is 1. The van der Waals surface area contributed by atoms with Crippen molar-refractivity contribution in [3.63, 3.8) is 0 Å². The van der Waals surface area contributed by atoms with Crippen molar-refractivity contribution in [3.05, 3.63) is 42.7 Å². The Balaban J connectivity index is 1.55. The van der Waals surface area contributed by atoms with E-state index >= 15 is 0 Å². The number of thioether (sulfide) groups is 1. The largest absolute Gasteiger partial charge is 0.324 e. The lowest BCUT2D eigenvalue weighted by Crippen LogP contribution is -2.40. The lowest BCUT2D eigenvalue weighted by molar-refractivity contribution is -0.117. The van der Waals surface area contributed by atoms with Gasteiger partial charge in [-0.1, -0.05) is 23.9 Å². The first-order valence-corrected chi connectivity index (χ1v) is 9.11. The second kappa shape index (κ2) is 6.75. The van der Waals surface area contributed by atoms with Gasteiger partial charge in [-0.3, -0.25) is 9.59 Å². The van der Waals surface area contributed by atoms with Crippen molar-refractivity contribution < 1.29 is 9.59 Å². The van der Waals surface area contributed by atoms with Gasteiger partial charge in [-0.2, -0.15) is 4.98 Å². The molecule has 1 atom stereocenters. The van der Waals surface area contributed by atoms with Crippen molar-refractivity contribution >= 4 is 40.7 Å². The highest BCUT2D eigenvalue weighted by Crippen LogP contribution is 2.32. The molecule has 4 rings (SSSR count). The summed E-state index contributed by atoms with van der Waals surface area (Å²) in [4.78, 5) is 35.0. The molecule has 1 N–H and O–H groups in total. The van der Waals surface area contributed by atoms with Gasteiger partial charge in [0.1, 0.15) is 0 Å². The Bertz CT molecular complexity index is 955. The molecule has 2 amide bonds. The zero-order valence-corrected chi connectivity index (χ0v) is 14.8. The van der Waals surface area contributed by atoms with Crippen LogP contribution in [0.25, 0.3) is 5.78 Å². The molecule has 132 valence electrons. The third-order valence-corrected chi connectivity index (χ3v) is 4.87. The number of anilines is 2. The Morgan fingerprint density at radius 2 is 2.19 bits per heavy atom. The highest BCUT2D eigenvalue weighted by atomic mass is 32.2. The van der Waals surface area contributed by atoms with Crippen molar-refractivity contribution in [2.24, 2.45) is 0 Å². The van der Waals surface area contributed by atoms with Gasteiger partial charge in [0.2, 0.25) is 17.0 Å². The molecule has 1 unspecified atom stereocenters. The van der Waals surface area contributed by atoms with Gasteiger partial charge >= 0.3 is 0 Å². The van der Waals surface area contributed by atoms with Crippen molar-refractivity contribution in [2.45, 2.75) is 24.5 Å². The van der Waals surface area contributed by atoms with Gasteiger partial charge in [-0.15, -0.1) is 5.10 Å². The molecule has 0 spiro atoms. The quantitative estimate of drug-likeness (QED) is 0.711. The van der Waals surface area contributed by atoms with Crippen LogP contribution < -0.4 is 10.2 Å². The van der Waals surface area contributed by atoms with Gasteiger partial charge in [0, 0.05) is 24.9 Å². The van der Waals surface area contributed by atoms with Crippen LogP contribution in [0.5, 0.6) is 0 Å². The molecule has 1 aliphatic heterocycles. The highest BCUT2D eigenvalue weighted by molar-refractivity contribution is 7.99. The fourth-order valence-electron chi connectivity index (χ4n) is 2.94. The fourth-order valence-corrected chi connectivity index (χ4v) is 3.62. The number of hydrogen-bond donors (Lipinski definition) is 1. The molecule has 0 aliphatic carbocycles. The minimum atomic E-state index is -0.234. The Morgan fingerprint density at radius 1 is 1.35 bits per heavy atom. The topological polar surface area (TPSA) is 92.5 Å². The normalized spacial score (nSPS) is 16.9. The van der Waals surface area contributed by atoms with E-state index in [1.807, 2.05) is 25.1 Å². The van der Waals surface area contributed by atoms with Crippen LogP contribution in [0.1, 0.15) is 13.3 Å². The summed E-state index contributed by atoms with van der Waals surface area (Å²) < 4.78 is 1.57. The first-order valence-electron chi connectivity index (χ1n) is 8.13. The Labute approximate surface area is 153 Å². The molecule has 1 aliphatic rings. The minimum absolute atomic E-state index is 0.0963. The summed E-state index contributed by atoms with van der Waals surface area (Å²) in [6.45, 7) is 1.87. The van der Waals surface area contributed by atoms with Crippen LogP contribution in [0.3, 0.4) is 0 Å². The summed E-state index contributed by atoms with van der Waals surface area (Å²) in [5.74, 6) is 0.467. The number of rotatable bonds is 3. The number of aromatic nitrogens is 4. The number of carbonyl (C=O) groups excluding carboxylic acids is 2. The van der Waals surface area contributed by atoms with Crippen LogP contribution in [-0.4, -0.2) is 43.2 Å². The van der Waals surface area contributed by atoms with E-state index < -0.39 is 0 Å². The van der Waals surface area contributed by atoms with E-state index in [2.05, 4.69) is 20.4 Å². The summed E-state index contributed by atoms with van der Waals surface area (Å²) in [6.07, 6.45) is 3.65. The third-order valence-electron chi connectivity index (χ3n) is 4.05. The second-order valence-electron chi connectivity index (χ2n) is 5.93. The van der Waals surface area contributed by atoms with Gasteiger partial charge in [-0.25, -0.2) is 9.50 Å². The summed E-state index contributed by atoms with van der Waals surface area (Å²) in [7, 11) is 0. The predicted molar refractivity (Wildman–Crippen MR) is 98.1 cm³/mol. The fraction of sp³-hybridized carbons (Fsp3) is 0.235. The summed E-state index contributed by atoms with van der Waals surface area (Å²) in [5, 5.41) is 7.63. The van der Waals surface area contributed by atoms with Crippen LogP contribution in [0.4, 0.5) is 11.4 Å². The van der Waals surface area contributed by atoms with Crippen molar-refractivity contribution in [1.82, 2.24) is 19.6 Å². The monoisotopic (exact) mass is 368 g/mol. The molecule has 8 nitrogen and oxygen atoms in total. The number of nitrogens with zero attached hydrogens (tertiary/aromatic N) is 5. The average Bonchev–Trinajstić information content (AvgIpc) is 2.98. The first-order chi connectivity index (χ1) is 12.6. The van der Waals surface area contributed by atoms with Crippen molar-refractivity contribution in [1.29, 1.82) is 0 Å². The van der Waals surface area contributed by atoms with Crippen LogP contribution in [0.2, 0.25) is 0 Å². The summed E-state index contributed by atoms with van der Waals surface area (Å²) >= 11 is 1.25. The molecule has 0 fully saturated rings. The molecule has 1 aromatic carbocycles. The van der Waals surface area contributed by atoms with E-state index in [-0.39, 0.29) is 30.0 Å². The van der Waals surface area contributed by atoms with E-state index in [1.165, 1.54) is 11.8 Å². The maximum Gasteiger partial charge on any atom is 0.253 e. The number of fused-ring (bicyclic) bond motifs is 2. The number of carbonyl (C=O) groups is 2. The highest BCUT2D eigenvalue weighted by Gasteiger charge is 2.29. The minimum Gasteiger partial charge on any atom is -0.324 e. The van der Waals surface area contributed by atoms with E-state index in [4.69, 9.17) is 0 Å². The Kier molecular flexibility index (Phi) is 4.29. The average molecular weight is 368 g/mol. The molecular weight excluding hydrogens is 352 g/mol. The van der Waals surface area contributed by atoms with E-state index in [9.17, 15) is 9.59 Å². The van der Waals surface area contributed by atoms with Crippen LogP contribution in [-0.2, 0) is 9.59 Å². The van der Waals surface area contributed by atoms with Crippen molar-refractivity contribution in [3.8, 4) is 0 Å². The van der Waals surface area contributed by atoms with E-state index in [0.717, 1.165) is 0 Å². The molecule has 9 heteroatoms. The van der Waals surface area contributed by atoms with E-state index in [0.29, 0.717) is 22.3 Å². The summed E-state index contributed by atoms with van der Waals surface area (Å²) in [6, 6.07) is 8.86. The molecule has 0 bridgehead atoms. The Hall–Kier alpha value is -2.94. The number of para-hydroxylation sites is 2. The third kappa shape index (κ3) is 3.13. The van der Waals surface area contributed by atoms with Gasteiger partial charge in [0.25, 0.3) is 5.78 Å². The summed E-state index contributed by atoms with van der Waals surface area (Å²) in [5.41, 5.74) is 1.36. The molecular formula is C17H16N6O2S. The first kappa shape index (κ1) is 16.5. The number of amides is 2. The number of hydrogen-bond acceptors (Lipinski definition) is 6. The van der Waals surface area contributed by atoms with Crippen LogP contribution in [0, 0.1) is 0 Å². The molecule has 0 radical (unpaired) electrons. The zero-order valence-electron chi connectivity index (χ0n) is 14.0. The smallest absolute Gasteiger partial charge is 0.253 e. The molecule has 0 saturated heterocycles. The molecule has 0 saturated carbocycles. The van der Waals surface area contributed by atoms with Gasteiger partial charge in [0.05, 0.1) is 17.1 Å². The maximum absolute atomic E-state index is 12.9. The molecule has 3 heterocycles. The predicted octanol–water partition coefficient (Wildman–Crippen LogP) is 1.98. The zero-order chi connectivity index (χ0) is 18.1. The van der Waals surface area contributed by atoms with Gasteiger partial charge in [0.15, 0.2) is 0 Å². The van der Waals surface area contributed by atoms with E-state index in [1.54, 1.807) is 33.9 Å².